The van der Waals surface area contributed by atoms with Crippen LogP contribution in [0.1, 0.15) is 0 Å². The molecule has 2 heterocycles. The summed E-state index contributed by atoms with van der Waals surface area (Å²) in [5, 5.41) is 3.63. The summed E-state index contributed by atoms with van der Waals surface area (Å²) in [5.74, 6) is 0.778. The number of benzene rings is 4. The highest BCUT2D eigenvalue weighted by Crippen LogP contribution is 2.39. The molecule has 0 saturated heterocycles. The summed E-state index contributed by atoms with van der Waals surface area (Å²) in [7, 11) is 0. The van der Waals surface area contributed by atoms with Crippen molar-refractivity contribution in [3.63, 3.8) is 0 Å². The van der Waals surface area contributed by atoms with Crippen molar-refractivity contribution in [1.29, 1.82) is 0 Å². The van der Waals surface area contributed by atoms with E-state index < -0.39 is 0 Å². The molecule has 0 amide bonds. The second-order valence-corrected chi connectivity index (χ2v) is 8.11. The van der Waals surface area contributed by atoms with Crippen molar-refractivity contribution in [2.75, 3.05) is 0 Å². The van der Waals surface area contributed by atoms with Gasteiger partial charge in [-0.25, -0.2) is 9.97 Å². The van der Waals surface area contributed by atoms with Crippen molar-refractivity contribution in [2.24, 2.45) is 0 Å². The number of thiophene rings is 1. The molecule has 6 aromatic rings. The van der Waals surface area contributed by atoms with Gasteiger partial charge in [0.15, 0.2) is 5.82 Å². The smallest absolute Gasteiger partial charge is 0.161 e. The third-order valence-corrected chi connectivity index (χ3v) is 6.52. The minimum atomic E-state index is 0.778. The lowest BCUT2D eigenvalue weighted by Crippen LogP contribution is -1.95. The maximum atomic E-state index is 5.06. The third kappa shape index (κ3) is 2.63. The molecule has 0 unspecified atom stereocenters. The molecule has 0 spiro atoms. The standard InChI is InChI=1S/C26H16N2S/c1-2-9-17(10-3-1)24-20-12-4-6-15-22(20)27-26(28-24)21-14-8-13-19-18-11-5-7-16-23(18)29-25(19)21/h1-16H. The maximum absolute atomic E-state index is 5.06. The zero-order valence-electron chi connectivity index (χ0n) is 15.5. The molecule has 0 N–H and O–H groups in total. The van der Waals surface area contributed by atoms with E-state index in [0.29, 0.717) is 0 Å². The van der Waals surface area contributed by atoms with Crippen LogP contribution in [0.25, 0.3) is 53.7 Å². The first-order valence-electron chi connectivity index (χ1n) is 9.61. The van der Waals surface area contributed by atoms with Crippen LogP contribution in [0.3, 0.4) is 0 Å². The van der Waals surface area contributed by atoms with Gasteiger partial charge in [-0.05, 0) is 18.2 Å². The minimum absolute atomic E-state index is 0.778. The molecular weight excluding hydrogens is 372 g/mol. The van der Waals surface area contributed by atoms with Crippen LogP contribution in [-0.4, -0.2) is 9.97 Å². The number of fused-ring (bicyclic) bond motifs is 4. The first kappa shape index (κ1) is 16.4. The third-order valence-electron chi connectivity index (χ3n) is 5.30. The summed E-state index contributed by atoms with van der Waals surface area (Å²) in [4.78, 5) is 10.0. The quantitative estimate of drug-likeness (QED) is 0.310. The van der Waals surface area contributed by atoms with Crippen LogP contribution in [0.15, 0.2) is 97.1 Å². The van der Waals surface area contributed by atoms with Crippen molar-refractivity contribution in [3.8, 4) is 22.6 Å². The number of para-hydroxylation sites is 1. The van der Waals surface area contributed by atoms with Crippen LogP contribution in [0.2, 0.25) is 0 Å². The van der Waals surface area contributed by atoms with Crippen LogP contribution < -0.4 is 0 Å². The number of aromatic nitrogens is 2. The van der Waals surface area contributed by atoms with Crippen LogP contribution in [0, 0.1) is 0 Å². The van der Waals surface area contributed by atoms with E-state index in [9.17, 15) is 0 Å². The fourth-order valence-electron chi connectivity index (χ4n) is 3.94. The first-order valence-corrected chi connectivity index (χ1v) is 10.4. The lowest BCUT2D eigenvalue weighted by molar-refractivity contribution is 1.24. The molecule has 0 fully saturated rings. The van der Waals surface area contributed by atoms with E-state index >= 15 is 0 Å². The van der Waals surface area contributed by atoms with Gasteiger partial charge in [-0.1, -0.05) is 78.9 Å². The Morgan fingerprint density at radius 2 is 1.28 bits per heavy atom. The molecule has 4 aromatic carbocycles. The van der Waals surface area contributed by atoms with Crippen LogP contribution in [0.4, 0.5) is 0 Å². The number of hydrogen-bond donors (Lipinski definition) is 0. The Kier molecular flexibility index (Phi) is 3.68. The molecule has 29 heavy (non-hydrogen) atoms. The summed E-state index contributed by atoms with van der Waals surface area (Å²) in [6.07, 6.45) is 0. The highest BCUT2D eigenvalue weighted by atomic mass is 32.1. The molecule has 0 saturated carbocycles. The van der Waals surface area contributed by atoms with E-state index in [4.69, 9.17) is 9.97 Å². The molecule has 0 bridgehead atoms. The largest absolute Gasteiger partial charge is 0.228 e. The topological polar surface area (TPSA) is 25.8 Å². The summed E-state index contributed by atoms with van der Waals surface area (Å²) < 4.78 is 2.53. The van der Waals surface area contributed by atoms with Gasteiger partial charge in [-0.3, -0.25) is 0 Å². The van der Waals surface area contributed by atoms with Gasteiger partial charge in [0.1, 0.15) is 0 Å². The predicted octanol–water partition coefficient (Wildman–Crippen LogP) is 7.33. The van der Waals surface area contributed by atoms with Gasteiger partial charge in [-0.15, -0.1) is 11.3 Å². The van der Waals surface area contributed by atoms with Gasteiger partial charge in [0.25, 0.3) is 0 Å². The lowest BCUT2D eigenvalue weighted by atomic mass is 10.0. The predicted molar refractivity (Wildman–Crippen MR) is 123 cm³/mol. The van der Waals surface area contributed by atoms with E-state index in [1.54, 1.807) is 0 Å². The average Bonchev–Trinajstić information content (AvgIpc) is 3.18. The average molecular weight is 388 g/mol. The van der Waals surface area contributed by atoms with Gasteiger partial charge in [-0.2, -0.15) is 0 Å². The number of hydrogen-bond acceptors (Lipinski definition) is 3. The van der Waals surface area contributed by atoms with Gasteiger partial charge in [0, 0.05) is 36.7 Å². The van der Waals surface area contributed by atoms with Crippen LogP contribution in [-0.2, 0) is 0 Å². The van der Waals surface area contributed by atoms with E-state index in [-0.39, 0.29) is 0 Å². The Labute approximate surface area is 172 Å². The molecule has 0 radical (unpaired) electrons. The fraction of sp³-hybridized carbons (Fsp3) is 0. The molecule has 2 nitrogen and oxygen atoms in total. The normalized spacial score (nSPS) is 11.4. The fourth-order valence-corrected chi connectivity index (χ4v) is 5.15. The number of rotatable bonds is 2. The molecule has 0 aliphatic rings. The Morgan fingerprint density at radius 1 is 0.552 bits per heavy atom. The van der Waals surface area contributed by atoms with E-state index in [2.05, 4.69) is 78.9 Å². The van der Waals surface area contributed by atoms with E-state index in [0.717, 1.165) is 33.5 Å². The van der Waals surface area contributed by atoms with E-state index in [1.807, 2.05) is 29.5 Å². The zero-order chi connectivity index (χ0) is 19.2. The molecule has 3 heteroatoms. The number of nitrogens with zero attached hydrogens (tertiary/aromatic N) is 2. The Morgan fingerprint density at radius 3 is 2.17 bits per heavy atom. The van der Waals surface area contributed by atoms with Crippen LogP contribution in [0.5, 0.6) is 0 Å². The van der Waals surface area contributed by atoms with Crippen molar-refractivity contribution in [3.05, 3.63) is 97.1 Å². The second-order valence-electron chi connectivity index (χ2n) is 7.06. The molecular formula is C26H16N2S. The lowest BCUT2D eigenvalue weighted by Gasteiger charge is -2.10. The molecule has 0 aliphatic heterocycles. The summed E-state index contributed by atoms with van der Waals surface area (Å²) in [5.41, 5.74) is 4.14. The molecule has 0 aliphatic carbocycles. The highest BCUT2D eigenvalue weighted by Gasteiger charge is 2.15. The zero-order valence-corrected chi connectivity index (χ0v) is 16.4. The van der Waals surface area contributed by atoms with E-state index in [1.165, 1.54) is 20.2 Å². The summed E-state index contributed by atoms with van der Waals surface area (Å²) in [6, 6.07) is 33.6. The van der Waals surface area contributed by atoms with Gasteiger partial charge < -0.3 is 0 Å². The second kappa shape index (κ2) is 6.50. The van der Waals surface area contributed by atoms with Crippen molar-refractivity contribution < 1.29 is 0 Å². The molecule has 136 valence electrons. The maximum Gasteiger partial charge on any atom is 0.161 e. The van der Waals surface area contributed by atoms with Gasteiger partial charge in [0.2, 0.25) is 0 Å². The van der Waals surface area contributed by atoms with Gasteiger partial charge in [0.05, 0.1) is 11.2 Å². The van der Waals surface area contributed by atoms with Gasteiger partial charge >= 0.3 is 0 Å². The Hall–Kier alpha value is -3.56. The van der Waals surface area contributed by atoms with Crippen molar-refractivity contribution in [1.82, 2.24) is 9.97 Å². The Balaban J connectivity index is 1.69. The van der Waals surface area contributed by atoms with Crippen LogP contribution >= 0.6 is 11.3 Å². The van der Waals surface area contributed by atoms with Crippen molar-refractivity contribution >= 4 is 42.4 Å². The SMILES string of the molecule is c1ccc(-c2nc(-c3cccc4c3sc3ccccc34)nc3ccccc23)cc1. The molecule has 6 rings (SSSR count). The Bertz CT molecular complexity index is 1500. The minimum Gasteiger partial charge on any atom is -0.228 e. The highest BCUT2D eigenvalue weighted by molar-refractivity contribution is 7.26. The first-order chi connectivity index (χ1) is 14.4. The molecule has 2 aromatic heterocycles. The summed E-state index contributed by atoms with van der Waals surface area (Å²) in [6.45, 7) is 0. The summed E-state index contributed by atoms with van der Waals surface area (Å²) >= 11 is 1.81. The molecule has 0 atom stereocenters. The van der Waals surface area contributed by atoms with Crippen molar-refractivity contribution in [2.45, 2.75) is 0 Å². The monoisotopic (exact) mass is 388 g/mol.